The van der Waals surface area contributed by atoms with Gasteiger partial charge in [0.25, 0.3) is 0 Å². The summed E-state index contributed by atoms with van der Waals surface area (Å²) in [6, 6.07) is 12.6. The Balaban J connectivity index is 0.000000397. The summed E-state index contributed by atoms with van der Waals surface area (Å²) >= 11 is 0. The molecule has 1 fully saturated rings. The Kier molecular flexibility index (Phi) is 18.6. The van der Waals surface area contributed by atoms with Gasteiger partial charge in [-0.2, -0.15) is 0 Å². The second kappa shape index (κ2) is 21.2. The Hall–Kier alpha value is -3.51. The van der Waals surface area contributed by atoms with Gasteiger partial charge >= 0.3 is 5.97 Å². The van der Waals surface area contributed by atoms with Crippen LogP contribution in [0.4, 0.5) is 5.69 Å². The Morgan fingerprint density at radius 2 is 1.73 bits per heavy atom. The van der Waals surface area contributed by atoms with Crippen molar-refractivity contribution in [3.8, 4) is 5.75 Å². The number of carbonyl (C=O) groups is 1. The highest BCUT2D eigenvalue weighted by molar-refractivity contribution is 5.92. The van der Waals surface area contributed by atoms with Crippen molar-refractivity contribution < 1.29 is 19.4 Å². The van der Waals surface area contributed by atoms with E-state index < -0.39 is 5.97 Å². The van der Waals surface area contributed by atoms with Crippen LogP contribution in [-0.2, 0) is 22.4 Å². The van der Waals surface area contributed by atoms with Crippen LogP contribution in [0.1, 0.15) is 83.1 Å². The minimum atomic E-state index is -0.853. The highest BCUT2D eigenvalue weighted by atomic mass is 16.5. The van der Waals surface area contributed by atoms with Crippen LogP contribution in [0.2, 0.25) is 0 Å². The number of fused-ring (bicyclic) bond motifs is 1. The van der Waals surface area contributed by atoms with Gasteiger partial charge in [-0.25, -0.2) is 4.79 Å². The minimum Gasteiger partial charge on any atom is -0.495 e. The van der Waals surface area contributed by atoms with Crippen LogP contribution in [0.3, 0.4) is 0 Å². The lowest BCUT2D eigenvalue weighted by atomic mass is 9.77. The van der Waals surface area contributed by atoms with E-state index in [1.807, 2.05) is 59.8 Å². The lowest BCUT2D eigenvalue weighted by Crippen LogP contribution is -2.23. The number of aryl methyl sites for hydroxylation is 2. The molecule has 244 valence electrons. The normalized spacial score (nSPS) is 16.6. The van der Waals surface area contributed by atoms with Crippen LogP contribution >= 0.6 is 0 Å². The molecular formula is C38H58N2O4. The van der Waals surface area contributed by atoms with E-state index in [2.05, 4.69) is 54.5 Å². The van der Waals surface area contributed by atoms with Gasteiger partial charge in [0.15, 0.2) is 0 Å². The van der Waals surface area contributed by atoms with E-state index in [0.717, 1.165) is 80.1 Å². The van der Waals surface area contributed by atoms with Crippen LogP contribution in [0.25, 0.3) is 6.08 Å². The fourth-order valence-electron chi connectivity index (χ4n) is 5.66. The Bertz CT molecular complexity index is 1230. The maximum atomic E-state index is 11.6. The zero-order chi connectivity index (χ0) is 33.1. The fraction of sp³-hybridized carbons (Fsp3) is 0.500. The molecule has 1 atom stereocenters. The molecule has 2 aliphatic rings. The standard InChI is InChI=1S/C18H23NO2.C16H23NO2.2C2H6/c1-4-16(17(18(20)21)12(2)19-3)15-10-9-13-7-5-6-8-14(13)11-15;1-4-13-9-12(2)16(15(10-13)18-3)17-11-14-5-7-19-8-6-14;2*1-2/h4-8,15,19H,9-11H2,1-3H3,(H,20,21);4,9-10,14,17H,1,5-8,11H2,2-3H3;2*1-2H3/b16-4-,17-12-;;;. The number of rotatable bonds is 9. The molecule has 0 amide bonds. The second-order valence-electron chi connectivity index (χ2n) is 10.6. The molecule has 2 aromatic rings. The van der Waals surface area contributed by atoms with Crippen LogP contribution in [0.15, 0.2) is 65.9 Å². The molecule has 2 aromatic carbocycles. The number of aliphatic carboxylic acids is 1. The van der Waals surface area contributed by atoms with E-state index in [0.29, 0.717) is 11.5 Å². The van der Waals surface area contributed by atoms with E-state index >= 15 is 0 Å². The molecule has 0 radical (unpaired) electrons. The molecule has 1 aliphatic carbocycles. The zero-order valence-corrected chi connectivity index (χ0v) is 28.8. The molecule has 0 bridgehead atoms. The maximum absolute atomic E-state index is 11.6. The lowest BCUT2D eigenvalue weighted by molar-refractivity contribution is -0.132. The molecule has 0 aromatic heterocycles. The summed E-state index contributed by atoms with van der Waals surface area (Å²) in [6.07, 6.45) is 9.02. The Morgan fingerprint density at radius 3 is 2.27 bits per heavy atom. The SMILES string of the molecule is C/C=C(\C(C(=O)O)=C(/C)NC)C1CCc2ccccc2C1.C=Cc1cc(C)c(NCC2CCOCC2)c(OC)c1.CC.CC. The molecule has 1 heterocycles. The molecular weight excluding hydrogens is 548 g/mol. The lowest BCUT2D eigenvalue weighted by Gasteiger charge is -2.28. The molecule has 3 N–H and O–H groups in total. The third-order valence-electron chi connectivity index (χ3n) is 8.04. The van der Waals surface area contributed by atoms with Crippen molar-refractivity contribution in [3.05, 3.63) is 88.2 Å². The second-order valence-corrected chi connectivity index (χ2v) is 10.6. The number of anilines is 1. The van der Waals surface area contributed by atoms with Crippen molar-refractivity contribution in [2.75, 3.05) is 39.2 Å². The van der Waals surface area contributed by atoms with Crippen molar-refractivity contribution >= 4 is 17.7 Å². The number of ether oxygens (including phenoxy) is 2. The van der Waals surface area contributed by atoms with Gasteiger partial charge in [-0.3, -0.25) is 0 Å². The average molecular weight is 607 g/mol. The number of nitrogens with one attached hydrogen (secondary N) is 2. The summed E-state index contributed by atoms with van der Waals surface area (Å²) in [5.41, 5.74) is 8.21. The van der Waals surface area contributed by atoms with Gasteiger partial charge in [0.2, 0.25) is 0 Å². The topological polar surface area (TPSA) is 79.8 Å². The predicted molar refractivity (Wildman–Crippen MR) is 188 cm³/mol. The van der Waals surface area contributed by atoms with Crippen LogP contribution in [0, 0.1) is 18.8 Å². The number of methoxy groups -OCH3 is 1. The highest BCUT2D eigenvalue weighted by Gasteiger charge is 2.27. The summed E-state index contributed by atoms with van der Waals surface area (Å²) in [7, 11) is 3.48. The predicted octanol–water partition coefficient (Wildman–Crippen LogP) is 8.85. The van der Waals surface area contributed by atoms with Gasteiger partial charge in [0, 0.05) is 32.5 Å². The van der Waals surface area contributed by atoms with E-state index in [-0.39, 0.29) is 5.92 Å². The van der Waals surface area contributed by atoms with E-state index in [9.17, 15) is 9.90 Å². The molecule has 44 heavy (non-hydrogen) atoms. The molecule has 0 spiro atoms. The number of hydrogen-bond acceptors (Lipinski definition) is 5. The summed E-state index contributed by atoms with van der Waals surface area (Å²) in [5, 5.41) is 16.1. The number of allylic oxidation sites excluding steroid dienone is 2. The van der Waals surface area contributed by atoms with Gasteiger partial charge in [0.1, 0.15) is 5.75 Å². The zero-order valence-electron chi connectivity index (χ0n) is 28.8. The quantitative estimate of drug-likeness (QED) is 0.195. The molecule has 6 nitrogen and oxygen atoms in total. The third kappa shape index (κ3) is 11.2. The summed E-state index contributed by atoms with van der Waals surface area (Å²) < 4.78 is 10.9. The molecule has 1 unspecified atom stereocenters. The van der Waals surface area contributed by atoms with Crippen molar-refractivity contribution in [2.24, 2.45) is 11.8 Å². The van der Waals surface area contributed by atoms with Crippen LogP contribution < -0.4 is 15.4 Å². The molecule has 6 heteroatoms. The van der Waals surface area contributed by atoms with Crippen molar-refractivity contribution in [1.29, 1.82) is 0 Å². The maximum Gasteiger partial charge on any atom is 0.337 e. The smallest absolute Gasteiger partial charge is 0.337 e. The fourth-order valence-corrected chi connectivity index (χ4v) is 5.66. The first-order valence-corrected chi connectivity index (χ1v) is 16.3. The number of carboxylic acid groups (broad SMARTS) is 1. The molecule has 1 saturated heterocycles. The number of benzene rings is 2. The molecule has 1 aliphatic heterocycles. The van der Waals surface area contributed by atoms with E-state index in [1.165, 1.54) is 16.7 Å². The highest BCUT2D eigenvalue weighted by Crippen LogP contribution is 2.34. The first-order valence-electron chi connectivity index (χ1n) is 16.3. The van der Waals surface area contributed by atoms with Gasteiger partial charge in [-0.05, 0) is 105 Å². The summed E-state index contributed by atoms with van der Waals surface area (Å²) in [6.45, 7) is 20.4. The number of hydrogen-bond donors (Lipinski definition) is 3. The molecule has 0 saturated carbocycles. The van der Waals surface area contributed by atoms with Crippen molar-refractivity contribution in [2.45, 2.75) is 80.6 Å². The monoisotopic (exact) mass is 606 g/mol. The largest absolute Gasteiger partial charge is 0.495 e. The van der Waals surface area contributed by atoms with Crippen LogP contribution in [0.5, 0.6) is 5.75 Å². The van der Waals surface area contributed by atoms with E-state index in [1.54, 1.807) is 14.2 Å². The summed E-state index contributed by atoms with van der Waals surface area (Å²) in [4.78, 5) is 11.6. The first kappa shape index (κ1) is 38.5. The Labute approximate surface area is 267 Å². The van der Waals surface area contributed by atoms with Crippen molar-refractivity contribution in [3.63, 3.8) is 0 Å². The van der Waals surface area contributed by atoms with E-state index in [4.69, 9.17) is 9.47 Å². The number of carboxylic acids is 1. The van der Waals surface area contributed by atoms with Gasteiger partial charge in [0.05, 0.1) is 18.4 Å². The first-order chi connectivity index (χ1) is 21.3. The van der Waals surface area contributed by atoms with Gasteiger partial charge in [-0.15, -0.1) is 0 Å². The average Bonchev–Trinajstić information content (AvgIpc) is 3.08. The van der Waals surface area contributed by atoms with Crippen LogP contribution in [-0.4, -0.2) is 45.0 Å². The third-order valence-corrected chi connectivity index (χ3v) is 8.04. The summed E-state index contributed by atoms with van der Waals surface area (Å²) in [5.74, 6) is 1.01. The van der Waals surface area contributed by atoms with Crippen molar-refractivity contribution in [1.82, 2.24) is 5.32 Å². The van der Waals surface area contributed by atoms with Gasteiger partial charge < -0.3 is 25.2 Å². The van der Waals surface area contributed by atoms with Gasteiger partial charge in [-0.1, -0.05) is 70.7 Å². The Morgan fingerprint density at radius 1 is 1.09 bits per heavy atom. The minimum absolute atomic E-state index is 0.277. The molecule has 4 rings (SSSR count).